The zero-order chi connectivity index (χ0) is 13.1. The molecule has 0 spiro atoms. The summed E-state index contributed by atoms with van der Waals surface area (Å²) in [6, 6.07) is 6.10. The lowest BCUT2D eigenvalue weighted by atomic mass is 10.1. The van der Waals surface area contributed by atoms with Crippen LogP contribution < -0.4 is 0 Å². The van der Waals surface area contributed by atoms with Crippen LogP contribution in [0.3, 0.4) is 0 Å². The molecule has 0 saturated heterocycles. The highest BCUT2D eigenvalue weighted by atomic mass is 35.5. The number of aromatic nitrogens is 2. The molecule has 1 heterocycles. The zero-order valence-electron chi connectivity index (χ0n) is 9.98. The molecule has 0 atom stereocenters. The smallest absolute Gasteiger partial charge is 0.155 e. The van der Waals surface area contributed by atoms with Gasteiger partial charge < -0.3 is 0 Å². The number of carbonyl (C=O) groups is 1. The van der Waals surface area contributed by atoms with E-state index < -0.39 is 0 Å². The molecule has 3 nitrogen and oxygen atoms in total. The molecule has 0 N–H and O–H groups in total. The Labute approximate surface area is 115 Å². The maximum Gasteiger partial charge on any atom is 0.155 e. The molecule has 2 aromatic rings. The Kier molecular flexibility index (Phi) is 3.99. The van der Waals surface area contributed by atoms with E-state index in [0.717, 1.165) is 4.90 Å². The van der Waals surface area contributed by atoms with E-state index in [2.05, 4.69) is 23.0 Å². The summed E-state index contributed by atoms with van der Waals surface area (Å²) in [5.74, 6) is 0. The van der Waals surface area contributed by atoms with Crippen molar-refractivity contribution in [2.24, 2.45) is 0 Å². The third-order valence-electron chi connectivity index (χ3n) is 2.61. The first-order chi connectivity index (χ1) is 8.61. The summed E-state index contributed by atoms with van der Waals surface area (Å²) in [6.45, 7) is 4.11. The maximum absolute atomic E-state index is 11.0. The number of hydrogen-bond donors (Lipinski definition) is 0. The fourth-order valence-electron chi connectivity index (χ4n) is 1.43. The van der Waals surface area contributed by atoms with E-state index in [9.17, 15) is 4.79 Å². The van der Waals surface area contributed by atoms with E-state index in [1.807, 2.05) is 19.1 Å². The van der Waals surface area contributed by atoms with E-state index in [0.29, 0.717) is 16.9 Å². The van der Waals surface area contributed by atoms with Crippen molar-refractivity contribution in [3.8, 4) is 0 Å². The van der Waals surface area contributed by atoms with Crippen LogP contribution in [0, 0.1) is 13.8 Å². The summed E-state index contributed by atoms with van der Waals surface area (Å²) in [4.78, 5) is 19.9. The van der Waals surface area contributed by atoms with Gasteiger partial charge in [0.05, 0.1) is 5.56 Å². The van der Waals surface area contributed by atoms with E-state index in [4.69, 9.17) is 11.6 Å². The van der Waals surface area contributed by atoms with Gasteiger partial charge in [0.2, 0.25) is 0 Å². The molecule has 0 amide bonds. The van der Waals surface area contributed by atoms with Crippen molar-refractivity contribution < 1.29 is 4.79 Å². The van der Waals surface area contributed by atoms with E-state index >= 15 is 0 Å². The van der Waals surface area contributed by atoms with Gasteiger partial charge in [-0.2, -0.15) is 0 Å². The first-order valence-electron chi connectivity index (χ1n) is 5.32. The number of hydrogen-bond acceptors (Lipinski definition) is 4. The maximum atomic E-state index is 11.0. The normalized spacial score (nSPS) is 10.4. The molecule has 5 heteroatoms. The van der Waals surface area contributed by atoms with Gasteiger partial charge in [0.15, 0.2) is 6.29 Å². The molecule has 0 aliphatic rings. The van der Waals surface area contributed by atoms with Gasteiger partial charge >= 0.3 is 0 Å². The van der Waals surface area contributed by atoms with Crippen molar-refractivity contribution in [2.75, 3.05) is 0 Å². The summed E-state index contributed by atoms with van der Waals surface area (Å²) in [7, 11) is 0. The van der Waals surface area contributed by atoms with Gasteiger partial charge in [0.1, 0.15) is 16.5 Å². The lowest BCUT2D eigenvalue weighted by molar-refractivity contribution is 0.112. The molecule has 18 heavy (non-hydrogen) atoms. The molecule has 92 valence electrons. The SMILES string of the molecule is Cc1ccc(Sc2ncnc(Cl)c2C=O)cc1C. The lowest BCUT2D eigenvalue weighted by Crippen LogP contribution is -1.93. The van der Waals surface area contributed by atoms with Crippen molar-refractivity contribution in [3.05, 3.63) is 46.4 Å². The van der Waals surface area contributed by atoms with Crippen molar-refractivity contribution in [3.63, 3.8) is 0 Å². The van der Waals surface area contributed by atoms with Crippen LogP contribution in [0.25, 0.3) is 0 Å². The Hall–Kier alpha value is -1.39. The molecular formula is C13H11ClN2OS. The number of rotatable bonds is 3. The van der Waals surface area contributed by atoms with Crippen LogP contribution in [0.1, 0.15) is 21.5 Å². The van der Waals surface area contributed by atoms with Crippen LogP contribution in [0.2, 0.25) is 5.15 Å². The average Bonchev–Trinajstić information content (AvgIpc) is 2.34. The topological polar surface area (TPSA) is 42.9 Å². The Morgan fingerprint density at radius 3 is 2.67 bits per heavy atom. The van der Waals surface area contributed by atoms with Crippen LogP contribution in [-0.4, -0.2) is 16.3 Å². The van der Waals surface area contributed by atoms with Crippen molar-refractivity contribution in [2.45, 2.75) is 23.8 Å². The summed E-state index contributed by atoms with van der Waals surface area (Å²) >= 11 is 7.27. The molecule has 0 bridgehead atoms. The monoisotopic (exact) mass is 278 g/mol. The van der Waals surface area contributed by atoms with Crippen molar-refractivity contribution in [1.29, 1.82) is 0 Å². The Bertz CT molecular complexity index is 602. The van der Waals surface area contributed by atoms with Crippen LogP contribution >= 0.6 is 23.4 Å². The molecule has 1 aromatic carbocycles. The highest BCUT2D eigenvalue weighted by Crippen LogP contribution is 2.31. The standard InChI is InChI=1S/C13H11ClN2OS/c1-8-3-4-10(5-9(8)2)18-13-11(6-17)12(14)15-7-16-13/h3-7H,1-2H3. The molecule has 0 unspecified atom stereocenters. The first kappa shape index (κ1) is 13.1. The Morgan fingerprint density at radius 1 is 1.22 bits per heavy atom. The van der Waals surface area contributed by atoms with Crippen molar-refractivity contribution in [1.82, 2.24) is 9.97 Å². The third-order valence-corrected chi connectivity index (χ3v) is 3.92. The number of benzene rings is 1. The first-order valence-corrected chi connectivity index (χ1v) is 6.52. The highest BCUT2D eigenvalue weighted by molar-refractivity contribution is 7.99. The highest BCUT2D eigenvalue weighted by Gasteiger charge is 2.10. The number of carbonyl (C=O) groups excluding carboxylic acids is 1. The minimum Gasteiger partial charge on any atom is -0.298 e. The summed E-state index contributed by atoms with van der Waals surface area (Å²) in [5.41, 5.74) is 2.77. The van der Waals surface area contributed by atoms with Gasteiger partial charge in [-0.05, 0) is 37.1 Å². The third kappa shape index (κ3) is 2.71. The molecule has 0 aliphatic carbocycles. The summed E-state index contributed by atoms with van der Waals surface area (Å²) in [6.07, 6.45) is 2.05. The molecule has 0 aliphatic heterocycles. The predicted octanol–water partition coefficient (Wildman–Crippen LogP) is 3.71. The molecule has 0 saturated carbocycles. The minimum absolute atomic E-state index is 0.186. The Balaban J connectivity index is 2.36. The predicted molar refractivity (Wildman–Crippen MR) is 72.5 cm³/mol. The lowest BCUT2D eigenvalue weighted by Gasteiger charge is -2.06. The van der Waals surface area contributed by atoms with E-state index in [-0.39, 0.29) is 5.15 Å². The molecule has 2 rings (SSSR count). The largest absolute Gasteiger partial charge is 0.298 e. The van der Waals surface area contributed by atoms with Gasteiger partial charge in [-0.15, -0.1) is 0 Å². The zero-order valence-corrected chi connectivity index (χ0v) is 11.5. The number of aldehydes is 1. The van der Waals surface area contributed by atoms with E-state index in [1.165, 1.54) is 29.2 Å². The van der Waals surface area contributed by atoms with Crippen LogP contribution in [0.15, 0.2) is 34.4 Å². The van der Waals surface area contributed by atoms with Gasteiger partial charge in [-0.3, -0.25) is 4.79 Å². The van der Waals surface area contributed by atoms with Gasteiger partial charge in [0, 0.05) is 4.90 Å². The second-order valence-electron chi connectivity index (χ2n) is 3.85. The quantitative estimate of drug-likeness (QED) is 0.634. The minimum atomic E-state index is 0.186. The van der Waals surface area contributed by atoms with Gasteiger partial charge in [-0.25, -0.2) is 9.97 Å². The molecule has 0 radical (unpaired) electrons. The second kappa shape index (κ2) is 5.50. The fourth-order valence-corrected chi connectivity index (χ4v) is 2.61. The number of halogens is 1. The summed E-state index contributed by atoms with van der Waals surface area (Å²) in [5, 5.41) is 0.764. The van der Waals surface area contributed by atoms with Crippen LogP contribution in [0.5, 0.6) is 0 Å². The van der Waals surface area contributed by atoms with E-state index in [1.54, 1.807) is 0 Å². The molecular weight excluding hydrogens is 268 g/mol. The summed E-state index contributed by atoms with van der Waals surface area (Å²) < 4.78 is 0. The number of aryl methyl sites for hydroxylation is 2. The van der Waals surface area contributed by atoms with Crippen molar-refractivity contribution >= 4 is 29.6 Å². The van der Waals surface area contributed by atoms with Gasteiger partial charge in [0.25, 0.3) is 0 Å². The van der Waals surface area contributed by atoms with Crippen LogP contribution in [0.4, 0.5) is 0 Å². The molecule has 0 fully saturated rings. The molecule has 1 aromatic heterocycles. The van der Waals surface area contributed by atoms with Crippen LogP contribution in [-0.2, 0) is 0 Å². The Morgan fingerprint density at radius 2 is 2.00 bits per heavy atom. The second-order valence-corrected chi connectivity index (χ2v) is 5.27. The number of nitrogens with zero attached hydrogens (tertiary/aromatic N) is 2. The van der Waals surface area contributed by atoms with Gasteiger partial charge in [-0.1, -0.05) is 29.4 Å². The fraction of sp³-hybridized carbons (Fsp3) is 0.154. The average molecular weight is 279 g/mol.